The predicted molar refractivity (Wildman–Crippen MR) is 86.6 cm³/mol. The summed E-state index contributed by atoms with van der Waals surface area (Å²) >= 11 is 0. The fourth-order valence-corrected chi connectivity index (χ4v) is 4.24. The van der Waals surface area contributed by atoms with Crippen molar-refractivity contribution in [3.63, 3.8) is 0 Å². The fourth-order valence-electron chi connectivity index (χ4n) is 4.24. The maximum Gasteiger partial charge on any atom is 0.276 e. The quantitative estimate of drug-likeness (QED) is 0.825. The third-order valence-electron chi connectivity index (χ3n) is 6.18. The van der Waals surface area contributed by atoms with Crippen molar-refractivity contribution in [2.24, 2.45) is 5.92 Å². The van der Waals surface area contributed by atoms with E-state index in [9.17, 15) is 4.79 Å². The van der Waals surface area contributed by atoms with Crippen molar-refractivity contribution in [1.82, 2.24) is 20.3 Å². The van der Waals surface area contributed by atoms with Crippen LogP contribution in [-0.2, 0) is 10.2 Å². The molecule has 2 atom stereocenters. The molecule has 26 heavy (non-hydrogen) atoms. The summed E-state index contributed by atoms with van der Waals surface area (Å²) in [6, 6.07) is 1.80. The van der Waals surface area contributed by atoms with Crippen LogP contribution in [-0.4, -0.2) is 52.5 Å². The number of ether oxygens (including phenoxy) is 1. The predicted octanol–water partition coefficient (Wildman–Crippen LogP) is 1.85. The Morgan fingerprint density at radius 2 is 2.04 bits per heavy atom. The molecule has 0 spiro atoms. The number of hydrogen-bond donors (Lipinski definition) is 0. The van der Waals surface area contributed by atoms with Crippen LogP contribution in [0.15, 0.2) is 15.0 Å². The van der Waals surface area contributed by atoms with Gasteiger partial charge in [0.05, 0.1) is 18.6 Å². The number of fused-ring (bicyclic) bond motifs is 1. The molecule has 4 fully saturated rings. The summed E-state index contributed by atoms with van der Waals surface area (Å²) in [6.45, 7) is 2.26. The van der Waals surface area contributed by atoms with Crippen LogP contribution in [0.25, 0.3) is 0 Å². The second kappa shape index (κ2) is 5.16. The molecule has 0 unspecified atom stereocenters. The van der Waals surface area contributed by atoms with Crippen LogP contribution < -0.4 is 0 Å². The molecule has 4 heterocycles. The first-order valence-electron chi connectivity index (χ1n) is 9.40. The molecular formula is C18H20N4O4. The van der Waals surface area contributed by atoms with Gasteiger partial charge in [0.25, 0.3) is 5.91 Å². The monoisotopic (exact) mass is 356 g/mol. The highest BCUT2D eigenvalue weighted by Gasteiger charge is 2.57. The molecule has 0 aromatic carbocycles. The van der Waals surface area contributed by atoms with Gasteiger partial charge in [0.2, 0.25) is 11.8 Å². The van der Waals surface area contributed by atoms with Crippen molar-refractivity contribution in [2.75, 3.05) is 26.3 Å². The zero-order chi connectivity index (χ0) is 17.3. The van der Waals surface area contributed by atoms with Crippen LogP contribution in [0.3, 0.4) is 0 Å². The van der Waals surface area contributed by atoms with Gasteiger partial charge in [-0.3, -0.25) is 4.79 Å². The molecule has 2 aromatic heterocycles. The van der Waals surface area contributed by atoms with E-state index >= 15 is 0 Å². The molecule has 2 aliphatic heterocycles. The highest BCUT2D eigenvalue weighted by atomic mass is 16.5. The zero-order valence-electron chi connectivity index (χ0n) is 14.4. The minimum absolute atomic E-state index is 0.0867. The summed E-state index contributed by atoms with van der Waals surface area (Å²) in [6.07, 6.45) is 4.48. The number of hydrogen-bond acceptors (Lipinski definition) is 7. The van der Waals surface area contributed by atoms with E-state index in [4.69, 9.17) is 13.7 Å². The Bertz CT molecular complexity index is 868. The number of aromatic nitrogens is 3. The fraction of sp³-hybridized carbons (Fsp3) is 0.667. The molecule has 4 aliphatic rings. The zero-order valence-corrected chi connectivity index (χ0v) is 14.4. The summed E-state index contributed by atoms with van der Waals surface area (Å²) in [5, 5.41) is 12.6. The lowest BCUT2D eigenvalue weighted by Crippen LogP contribution is -2.37. The van der Waals surface area contributed by atoms with Crippen LogP contribution in [0.5, 0.6) is 0 Å². The smallest absolute Gasteiger partial charge is 0.276 e. The number of rotatable bonds is 4. The van der Waals surface area contributed by atoms with Gasteiger partial charge in [-0.15, -0.1) is 10.2 Å². The summed E-state index contributed by atoms with van der Waals surface area (Å²) in [4.78, 5) is 14.8. The maximum atomic E-state index is 12.9. The van der Waals surface area contributed by atoms with E-state index in [1.54, 1.807) is 6.07 Å². The van der Waals surface area contributed by atoms with Gasteiger partial charge in [0, 0.05) is 36.9 Å². The second-order valence-electron chi connectivity index (χ2n) is 8.16. The highest BCUT2D eigenvalue weighted by molar-refractivity contribution is 5.92. The largest absolute Gasteiger partial charge is 0.424 e. The third kappa shape index (κ3) is 2.17. The average molecular weight is 356 g/mol. The highest BCUT2D eigenvalue weighted by Crippen LogP contribution is 2.46. The summed E-state index contributed by atoms with van der Waals surface area (Å²) in [5.41, 5.74) is 0.00548. The van der Waals surface area contributed by atoms with E-state index in [-0.39, 0.29) is 11.8 Å². The third-order valence-corrected chi connectivity index (χ3v) is 6.18. The van der Waals surface area contributed by atoms with Gasteiger partial charge in [-0.1, -0.05) is 5.16 Å². The molecular weight excluding hydrogens is 336 g/mol. The normalized spacial score (nSPS) is 30.8. The number of carbonyl (C=O) groups is 1. The molecule has 2 saturated heterocycles. The van der Waals surface area contributed by atoms with E-state index in [0.717, 1.165) is 37.3 Å². The Balaban J connectivity index is 1.27. The molecule has 8 nitrogen and oxygen atoms in total. The molecule has 2 aliphatic carbocycles. The van der Waals surface area contributed by atoms with E-state index in [1.165, 1.54) is 0 Å². The molecule has 8 heteroatoms. The van der Waals surface area contributed by atoms with Crippen molar-refractivity contribution in [3.8, 4) is 0 Å². The first-order chi connectivity index (χ1) is 12.7. The van der Waals surface area contributed by atoms with Gasteiger partial charge in [-0.25, -0.2) is 0 Å². The van der Waals surface area contributed by atoms with Crippen molar-refractivity contribution in [3.05, 3.63) is 29.3 Å². The van der Waals surface area contributed by atoms with Crippen LogP contribution in [0.1, 0.15) is 65.5 Å². The van der Waals surface area contributed by atoms with Crippen molar-refractivity contribution >= 4 is 5.91 Å². The summed E-state index contributed by atoms with van der Waals surface area (Å²) < 4.78 is 17.1. The maximum absolute atomic E-state index is 12.9. The van der Waals surface area contributed by atoms with Gasteiger partial charge in [-0.05, 0) is 25.7 Å². The minimum atomic E-state index is -0.390. The van der Waals surface area contributed by atoms with Crippen molar-refractivity contribution in [1.29, 1.82) is 0 Å². The van der Waals surface area contributed by atoms with Crippen molar-refractivity contribution < 1.29 is 18.5 Å². The summed E-state index contributed by atoms with van der Waals surface area (Å²) in [7, 11) is 0. The minimum Gasteiger partial charge on any atom is -0.424 e. The Morgan fingerprint density at radius 3 is 2.85 bits per heavy atom. The van der Waals surface area contributed by atoms with E-state index in [1.807, 2.05) is 4.90 Å². The van der Waals surface area contributed by atoms with Gasteiger partial charge >= 0.3 is 0 Å². The Kier molecular flexibility index (Phi) is 2.95. The molecule has 136 valence electrons. The second-order valence-corrected chi connectivity index (χ2v) is 8.16. The van der Waals surface area contributed by atoms with Gasteiger partial charge in [0.1, 0.15) is 5.76 Å². The number of nitrogens with zero attached hydrogens (tertiary/aromatic N) is 4. The van der Waals surface area contributed by atoms with Gasteiger partial charge in [-0.2, -0.15) is 0 Å². The molecule has 0 radical (unpaired) electrons. The van der Waals surface area contributed by atoms with Crippen LogP contribution >= 0.6 is 0 Å². The van der Waals surface area contributed by atoms with E-state index in [2.05, 4.69) is 15.4 Å². The topological polar surface area (TPSA) is 94.5 Å². The number of amides is 1. The van der Waals surface area contributed by atoms with E-state index < -0.39 is 5.41 Å². The summed E-state index contributed by atoms with van der Waals surface area (Å²) in [5.74, 6) is 3.14. The lowest BCUT2D eigenvalue weighted by Gasteiger charge is -2.22. The molecule has 0 N–H and O–H groups in total. The molecule has 1 amide bonds. The van der Waals surface area contributed by atoms with Gasteiger partial charge in [0.15, 0.2) is 5.69 Å². The standard InChI is InChI=1S/C18H20N4O4/c23-16(13-5-14(26-21-13)10-1-2-10)22-6-12-7-24-9-18(12,8-22)17-20-19-15(25-17)11-3-4-11/h5,10-12H,1-4,6-9H2/t12-,18-/m0/s1. The van der Waals surface area contributed by atoms with Crippen LogP contribution in [0, 0.1) is 5.92 Å². The Labute approximate surface area is 149 Å². The van der Waals surface area contributed by atoms with Crippen molar-refractivity contribution in [2.45, 2.75) is 42.9 Å². The average Bonchev–Trinajstić information content (AvgIpc) is 3.46. The number of carbonyl (C=O) groups excluding carboxylic acids is 1. The lowest BCUT2D eigenvalue weighted by molar-refractivity contribution is 0.0728. The SMILES string of the molecule is O=C(c1cc(C2CC2)on1)N1C[C@H]2COC[C@@]2(c2nnc(C3CC3)o2)C1. The first kappa shape index (κ1) is 14.9. The molecule has 0 bridgehead atoms. The lowest BCUT2D eigenvalue weighted by atomic mass is 9.81. The van der Waals surface area contributed by atoms with E-state index in [0.29, 0.717) is 49.7 Å². The van der Waals surface area contributed by atoms with Gasteiger partial charge < -0.3 is 18.6 Å². The molecule has 2 aromatic rings. The van der Waals surface area contributed by atoms with Crippen LogP contribution in [0.2, 0.25) is 0 Å². The van der Waals surface area contributed by atoms with Crippen LogP contribution in [0.4, 0.5) is 0 Å². The Hall–Kier alpha value is -2.22. The molecule has 6 rings (SSSR count). The molecule has 2 saturated carbocycles. The number of likely N-dealkylation sites (tertiary alicyclic amines) is 1. The Morgan fingerprint density at radius 1 is 1.19 bits per heavy atom. The first-order valence-corrected chi connectivity index (χ1v) is 9.40.